The van der Waals surface area contributed by atoms with Gasteiger partial charge in [-0.25, -0.2) is 9.97 Å². The summed E-state index contributed by atoms with van der Waals surface area (Å²) < 4.78 is 8.06. The number of hydrogen-bond donors (Lipinski definition) is 0. The number of anilines is 2. The summed E-state index contributed by atoms with van der Waals surface area (Å²) in [6.07, 6.45) is 3.60. The van der Waals surface area contributed by atoms with Crippen molar-refractivity contribution < 1.29 is 4.74 Å². The molecule has 2 aromatic heterocycles. The second-order valence-electron chi connectivity index (χ2n) is 6.76. The Morgan fingerprint density at radius 2 is 1.89 bits per heavy atom. The van der Waals surface area contributed by atoms with Gasteiger partial charge in [-0.05, 0) is 36.8 Å². The van der Waals surface area contributed by atoms with Crippen LogP contribution in [0.3, 0.4) is 0 Å². The molecule has 0 radical (unpaired) electrons. The van der Waals surface area contributed by atoms with Crippen LogP contribution in [0, 0.1) is 6.92 Å². The number of benzene rings is 2. The van der Waals surface area contributed by atoms with Crippen molar-refractivity contribution in [2.24, 2.45) is 7.05 Å². The van der Waals surface area contributed by atoms with Gasteiger partial charge in [-0.15, -0.1) is 0 Å². The van der Waals surface area contributed by atoms with Crippen LogP contribution in [-0.2, 0) is 13.7 Å². The lowest BCUT2D eigenvalue weighted by Gasteiger charge is -2.22. The van der Waals surface area contributed by atoms with Gasteiger partial charge >= 0.3 is 0 Å². The molecule has 2 heterocycles. The highest BCUT2D eigenvalue weighted by molar-refractivity contribution is 6.30. The van der Waals surface area contributed by atoms with Crippen LogP contribution in [0.5, 0.6) is 5.75 Å². The molecule has 0 aliphatic heterocycles. The number of aryl methyl sites for hydroxylation is 1. The van der Waals surface area contributed by atoms with Crippen molar-refractivity contribution in [3.05, 3.63) is 77.2 Å². The van der Waals surface area contributed by atoms with Crippen molar-refractivity contribution in [1.82, 2.24) is 14.5 Å². The van der Waals surface area contributed by atoms with Crippen LogP contribution in [0.25, 0.3) is 11.0 Å². The Labute approximate surface area is 169 Å². The Bertz CT molecular complexity index is 1120. The maximum Gasteiger partial charge on any atom is 0.134 e. The van der Waals surface area contributed by atoms with Crippen LogP contribution >= 0.6 is 11.6 Å². The Balaban J connectivity index is 1.59. The monoisotopic (exact) mass is 392 g/mol. The molecule has 0 N–H and O–H groups in total. The standard InChI is InChI=1S/C22H21ClN4O/c1-15-19(27(3)22-11-20-18(12-24-22)25-14-26(20)2)5-4-6-21(15)28-13-16-7-9-17(23)10-8-16/h4-12,14H,13H2,1-3H3. The van der Waals surface area contributed by atoms with Crippen molar-refractivity contribution in [3.63, 3.8) is 0 Å². The summed E-state index contributed by atoms with van der Waals surface area (Å²) in [5.41, 5.74) is 5.11. The first-order chi connectivity index (χ1) is 13.5. The first kappa shape index (κ1) is 18.3. The minimum absolute atomic E-state index is 0.490. The Morgan fingerprint density at radius 3 is 2.68 bits per heavy atom. The minimum Gasteiger partial charge on any atom is -0.489 e. The van der Waals surface area contributed by atoms with Gasteiger partial charge in [0.05, 0.1) is 18.0 Å². The van der Waals surface area contributed by atoms with Crippen molar-refractivity contribution in [2.45, 2.75) is 13.5 Å². The third-order valence-electron chi connectivity index (χ3n) is 4.87. The van der Waals surface area contributed by atoms with E-state index < -0.39 is 0 Å². The Hall–Kier alpha value is -3.05. The summed E-state index contributed by atoms with van der Waals surface area (Å²) in [5.74, 6) is 1.70. The number of hydrogen-bond acceptors (Lipinski definition) is 4. The van der Waals surface area contributed by atoms with Crippen molar-refractivity contribution in [1.29, 1.82) is 0 Å². The molecule has 0 saturated heterocycles. The Kier molecular flexibility index (Phi) is 4.92. The highest BCUT2D eigenvalue weighted by Gasteiger charge is 2.13. The molecule has 0 saturated carbocycles. The van der Waals surface area contributed by atoms with E-state index in [1.807, 2.05) is 61.1 Å². The summed E-state index contributed by atoms with van der Waals surface area (Å²) in [4.78, 5) is 11.0. The fourth-order valence-corrected chi connectivity index (χ4v) is 3.32. The van der Waals surface area contributed by atoms with Gasteiger partial charge < -0.3 is 14.2 Å². The number of nitrogens with zero attached hydrogens (tertiary/aromatic N) is 4. The van der Waals surface area contributed by atoms with E-state index in [0.717, 1.165) is 44.4 Å². The highest BCUT2D eigenvalue weighted by Crippen LogP contribution is 2.32. The van der Waals surface area contributed by atoms with E-state index in [-0.39, 0.29) is 0 Å². The lowest BCUT2D eigenvalue weighted by Crippen LogP contribution is -2.13. The molecule has 0 spiro atoms. The second-order valence-corrected chi connectivity index (χ2v) is 7.20. The number of ether oxygens (including phenoxy) is 1. The van der Waals surface area contributed by atoms with Gasteiger partial charge in [0.25, 0.3) is 0 Å². The largest absolute Gasteiger partial charge is 0.489 e. The van der Waals surface area contributed by atoms with Gasteiger partial charge in [0.1, 0.15) is 23.7 Å². The topological polar surface area (TPSA) is 43.2 Å². The summed E-state index contributed by atoms with van der Waals surface area (Å²) in [6.45, 7) is 2.55. The zero-order valence-electron chi connectivity index (χ0n) is 16.1. The van der Waals surface area contributed by atoms with E-state index in [9.17, 15) is 0 Å². The molecule has 28 heavy (non-hydrogen) atoms. The van der Waals surface area contributed by atoms with E-state index in [0.29, 0.717) is 6.61 Å². The smallest absolute Gasteiger partial charge is 0.134 e. The SMILES string of the molecule is Cc1c(OCc2ccc(Cl)cc2)cccc1N(C)c1cc2c(cn1)ncn2C. The van der Waals surface area contributed by atoms with Gasteiger partial charge in [0, 0.05) is 36.4 Å². The predicted octanol–water partition coefficient (Wildman–Crippen LogP) is 5.28. The molecule has 142 valence electrons. The maximum absolute atomic E-state index is 6.06. The number of aromatic nitrogens is 3. The maximum atomic E-state index is 6.06. The fraction of sp³-hybridized carbons (Fsp3) is 0.182. The van der Waals surface area contributed by atoms with E-state index in [1.54, 1.807) is 12.5 Å². The molecule has 0 unspecified atom stereocenters. The van der Waals surface area contributed by atoms with Crippen molar-refractivity contribution in [3.8, 4) is 5.75 Å². The molecule has 4 aromatic rings. The minimum atomic E-state index is 0.490. The van der Waals surface area contributed by atoms with Gasteiger partial charge in [0.15, 0.2) is 0 Å². The highest BCUT2D eigenvalue weighted by atomic mass is 35.5. The quantitative estimate of drug-likeness (QED) is 0.463. The third-order valence-corrected chi connectivity index (χ3v) is 5.12. The van der Waals surface area contributed by atoms with Crippen LogP contribution < -0.4 is 9.64 Å². The first-order valence-electron chi connectivity index (χ1n) is 9.00. The number of rotatable bonds is 5. The number of imidazole rings is 1. The van der Waals surface area contributed by atoms with Crippen LogP contribution in [0.1, 0.15) is 11.1 Å². The Morgan fingerprint density at radius 1 is 1.11 bits per heavy atom. The molecule has 5 nitrogen and oxygen atoms in total. The molecule has 6 heteroatoms. The van der Waals surface area contributed by atoms with Gasteiger partial charge in [-0.3, -0.25) is 0 Å². The first-order valence-corrected chi connectivity index (χ1v) is 9.38. The normalized spacial score (nSPS) is 11.0. The van der Waals surface area contributed by atoms with Crippen molar-refractivity contribution >= 4 is 34.1 Å². The average Bonchev–Trinajstić information content (AvgIpc) is 3.08. The van der Waals surface area contributed by atoms with Crippen LogP contribution in [0.4, 0.5) is 11.5 Å². The summed E-state index contributed by atoms with van der Waals surface area (Å²) in [7, 11) is 3.99. The molecule has 0 amide bonds. The van der Waals surface area contributed by atoms with Gasteiger partial charge in [-0.2, -0.15) is 0 Å². The van der Waals surface area contributed by atoms with E-state index in [2.05, 4.69) is 27.9 Å². The van der Waals surface area contributed by atoms with E-state index in [1.165, 1.54) is 0 Å². The lowest BCUT2D eigenvalue weighted by molar-refractivity contribution is 0.304. The molecule has 0 fully saturated rings. The third kappa shape index (κ3) is 3.53. The van der Waals surface area contributed by atoms with Crippen LogP contribution in [0.15, 0.2) is 61.1 Å². The molecule has 0 bridgehead atoms. The van der Waals surface area contributed by atoms with E-state index in [4.69, 9.17) is 16.3 Å². The molecule has 2 aromatic carbocycles. The molecule has 0 atom stereocenters. The van der Waals surface area contributed by atoms with E-state index >= 15 is 0 Å². The number of fused-ring (bicyclic) bond motifs is 1. The summed E-state index contributed by atoms with van der Waals surface area (Å²) >= 11 is 5.95. The van der Waals surface area contributed by atoms with Crippen LogP contribution in [0.2, 0.25) is 5.02 Å². The summed E-state index contributed by atoms with van der Waals surface area (Å²) in [5, 5.41) is 0.724. The molecule has 4 rings (SSSR count). The van der Waals surface area contributed by atoms with Crippen molar-refractivity contribution in [2.75, 3.05) is 11.9 Å². The molecule has 0 aliphatic carbocycles. The molecule has 0 aliphatic rings. The average molecular weight is 393 g/mol. The predicted molar refractivity (Wildman–Crippen MR) is 114 cm³/mol. The molecular weight excluding hydrogens is 372 g/mol. The lowest BCUT2D eigenvalue weighted by atomic mass is 10.1. The zero-order valence-corrected chi connectivity index (χ0v) is 16.8. The van der Waals surface area contributed by atoms with Crippen LogP contribution in [-0.4, -0.2) is 21.6 Å². The number of halogens is 1. The van der Waals surface area contributed by atoms with Gasteiger partial charge in [0.2, 0.25) is 0 Å². The number of pyridine rings is 1. The molecular formula is C22H21ClN4O. The fourth-order valence-electron chi connectivity index (χ4n) is 3.19. The second kappa shape index (κ2) is 7.52. The zero-order chi connectivity index (χ0) is 19.7. The van der Waals surface area contributed by atoms with Gasteiger partial charge in [-0.1, -0.05) is 29.8 Å². The summed E-state index contributed by atoms with van der Waals surface area (Å²) in [6, 6.07) is 15.8.